The standard InChI is InChI=1S/C9H10I.3C4H9.Sn/c10-8-4-7-9-5-2-1-3-6-9;3*1-3-4-2;/h1-3,5-6,8H,4,7H2;3*1,3-4H2,2H3;. The Hall–Kier alpha value is 0.749. The summed E-state index contributed by atoms with van der Waals surface area (Å²) in [5.41, 5.74) is 1.54. The van der Waals surface area contributed by atoms with Crippen molar-refractivity contribution in [3.63, 3.8) is 0 Å². The first-order valence-electron chi connectivity index (χ1n) is 9.86. The topological polar surface area (TPSA) is 0 Å². The van der Waals surface area contributed by atoms with E-state index in [1.54, 1.807) is 13.3 Å². The fraction of sp³-hybridized carbons (Fsp3) is 0.714. The van der Waals surface area contributed by atoms with Gasteiger partial charge in [0, 0.05) is 0 Å². The maximum absolute atomic E-state index is 2.90. The van der Waals surface area contributed by atoms with Gasteiger partial charge in [0.1, 0.15) is 0 Å². The molecule has 0 aliphatic rings. The predicted octanol–water partition coefficient (Wildman–Crippen LogP) is 7.81. The van der Waals surface area contributed by atoms with Crippen LogP contribution in [-0.2, 0) is 6.42 Å². The van der Waals surface area contributed by atoms with Crippen molar-refractivity contribution in [2.24, 2.45) is 0 Å². The van der Waals surface area contributed by atoms with Crippen LogP contribution in [0.4, 0.5) is 0 Å². The third kappa shape index (κ3) is 8.11. The van der Waals surface area contributed by atoms with Gasteiger partial charge in [-0.3, -0.25) is 0 Å². The monoisotopic (exact) mass is 536 g/mol. The molecular formula is C21H37ISn. The van der Waals surface area contributed by atoms with Gasteiger partial charge < -0.3 is 0 Å². The maximum atomic E-state index is 2.90. The first-order chi connectivity index (χ1) is 11.2. The normalized spacial score (nSPS) is 13.2. The molecule has 0 bridgehead atoms. The Bertz CT molecular complexity index is 368. The molecule has 0 aliphatic carbocycles. The molecule has 0 fully saturated rings. The molecule has 0 aliphatic heterocycles. The molecule has 1 rings (SSSR count). The summed E-state index contributed by atoms with van der Waals surface area (Å²) in [4.78, 5) is 0. The van der Waals surface area contributed by atoms with Gasteiger partial charge in [-0.2, -0.15) is 0 Å². The first kappa shape index (κ1) is 21.8. The van der Waals surface area contributed by atoms with Gasteiger partial charge in [0.05, 0.1) is 0 Å². The molecule has 0 N–H and O–H groups in total. The number of benzene rings is 1. The van der Waals surface area contributed by atoms with Gasteiger partial charge in [-0.15, -0.1) is 0 Å². The van der Waals surface area contributed by atoms with E-state index in [9.17, 15) is 0 Å². The summed E-state index contributed by atoms with van der Waals surface area (Å²) in [6.45, 7) is 7.13. The van der Waals surface area contributed by atoms with Crippen LogP contribution in [0.3, 0.4) is 0 Å². The summed E-state index contributed by atoms with van der Waals surface area (Å²) in [6.07, 6.45) is 11.4. The van der Waals surface area contributed by atoms with Crippen molar-refractivity contribution in [2.75, 3.05) is 0 Å². The first-order valence-corrected chi connectivity index (χ1v) is 18.8. The molecule has 0 amide bonds. The van der Waals surface area contributed by atoms with Crippen molar-refractivity contribution in [3.05, 3.63) is 35.9 Å². The fourth-order valence-electron chi connectivity index (χ4n) is 3.68. The summed E-state index contributed by atoms with van der Waals surface area (Å²) in [5, 5.41) is 0. The Kier molecular flexibility index (Phi) is 12.3. The quantitative estimate of drug-likeness (QED) is 0.137. The Morgan fingerprint density at radius 2 is 1.30 bits per heavy atom. The molecular weight excluding hydrogens is 498 g/mol. The number of aryl methyl sites for hydroxylation is 1. The predicted molar refractivity (Wildman–Crippen MR) is 117 cm³/mol. The van der Waals surface area contributed by atoms with E-state index in [-0.39, 0.29) is 0 Å². The van der Waals surface area contributed by atoms with Gasteiger partial charge in [-0.1, -0.05) is 0 Å². The van der Waals surface area contributed by atoms with Crippen molar-refractivity contribution in [2.45, 2.75) is 87.4 Å². The number of rotatable bonds is 13. The molecule has 0 saturated heterocycles. The Labute approximate surface area is 163 Å². The van der Waals surface area contributed by atoms with E-state index in [1.807, 2.05) is 0 Å². The van der Waals surface area contributed by atoms with Crippen molar-refractivity contribution in [1.29, 1.82) is 0 Å². The third-order valence-electron chi connectivity index (χ3n) is 5.28. The minimum absolute atomic E-state index is 1.02. The van der Waals surface area contributed by atoms with E-state index in [0.717, 1.165) is 1.94 Å². The molecule has 0 saturated carbocycles. The Morgan fingerprint density at radius 1 is 0.826 bits per heavy atom. The van der Waals surface area contributed by atoms with Crippen LogP contribution in [0, 0.1) is 0 Å². The zero-order valence-electron chi connectivity index (χ0n) is 15.6. The molecule has 23 heavy (non-hydrogen) atoms. The van der Waals surface area contributed by atoms with Crippen LogP contribution in [0.25, 0.3) is 0 Å². The second-order valence-corrected chi connectivity index (χ2v) is 26.1. The fourth-order valence-corrected chi connectivity index (χ4v) is 26.3. The van der Waals surface area contributed by atoms with Crippen LogP contribution in [-0.4, -0.2) is 20.3 Å². The van der Waals surface area contributed by atoms with Crippen molar-refractivity contribution < 1.29 is 0 Å². The van der Waals surface area contributed by atoms with Crippen molar-refractivity contribution >= 4 is 41.0 Å². The van der Waals surface area contributed by atoms with E-state index < -0.39 is 18.4 Å². The van der Waals surface area contributed by atoms with E-state index >= 15 is 0 Å². The Morgan fingerprint density at radius 3 is 1.74 bits per heavy atom. The second-order valence-electron chi connectivity index (χ2n) is 7.16. The average Bonchev–Trinajstić information content (AvgIpc) is 2.60. The van der Waals surface area contributed by atoms with Gasteiger partial charge in [0.25, 0.3) is 0 Å². The minimum atomic E-state index is -2.00. The molecule has 1 aromatic rings. The Balaban J connectivity index is 2.75. The van der Waals surface area contributed by atoms with E-state index in [1.165, 1.54) is 56.9 Å². The third-order valence-corrected chi connectivity index (χ3v) is 30.9. The average molecular weight is 535 g/mol. The van der Waals surface area contributed by atoms with E-state index in [4.69, 9.17) is 0 Å². The number of alkyl halides is 1. The number of hydrogen-bond acceptors (Lipinski definition) is 0. The van der Waals surface area contributed by atoms with Crippen LogP contribution in [0.2, 0.25) is 13.3 Å². The van der Waals surface area contributed by atoms with Crippen LogP contribution in [0.15, 0.2) is 30.3 Å². The van der Waals surface area contributed by atoms with Crippen molar-refractivity contribution in [3.8, 4) is 0 Å². The van der Waals surface area contributed by atoms with Gasteiger partial charge in [-0.05, 0) is 0 Å². The number of unbranched alkanes of at least 4 members (excludes halogenated alkanes) is 3. The zero-order chi connectivity index (χ0) is 17.0. The second kappa shape index (κ2) is 13.0. The number of hydrogen-bond donors (Lipinski definition) is 0. The van der Waals surface area contributed by atoms with Crippen LogP contribution in [0.5, 0.6) is 0 Å². The number of halogens is 1. The van der Waals surface area contributed by atoms with Gasteiger partial charge in [0.2, 0.25) is 0 Å². The van der Waals surface area contributed by atoms with Crippen LogP contribution >= 0.6 is 22.6 Å². The van der Waals surface area contributed by atoms with E-state index in [0.29, 0.717) is 0 Å². The molecule has 2 heteroatoms. The molecule has 1 unspecified atom stereocenters. The summed E-state index contributed by atoms with van der Waals surface area (Å²) in [7, 11) is 0. The summed E-state index contributed by atoms with van der Waals surface area (Å²) >= 11 is 0.891. The molecule has 1 aromatic carbocycles. The van der Waals surface area contributed by atoms with E-state index in [2.05, 4.69) is 73.7 Å². The summed E-state index contributed by atoms with van der Waals surface area (Å²) < 4.78 is 5.96. The van der Waals surface area contributed by atoms with Gasteiger partial charge in [0.15, 0.2) is 0 Å². The molecule has 0 aromatic heterocycles. The van der Waals surface area contributed by atoms with Crippen LogP contribution < -0.4 is 0 Å². The summed E-state index contributed by atoms with van der Waals surface area (Å²) in [5.74, 6) is 0. The molecule has 132 valence electrons. The van der Waals surface area contributed by atoms with Gasteiger partial charge >= 0.3 is 164 Å². The molecule has 0 radical (unpaired) electrons. The SMILES string of the molecule is CCC[CH2][Sn]([CH2]CCC)([CH2]CCC)[CH](I)CCc1ccccc1. The molecule has 0 heterocycles. The van der Waals surface area contributed by atoms with Crippen molar-refractivity contribution in [1.82, 2.24) is 0 Å². The van der Waals surface area contributed by atoms with Gasteiger partial charge in [-0.25, -0.2) is 0 Å². The molecule has 0 nitrogen and oxygen atoms in total. The molecule has 1 atom stereocenters. The van der Waals surface area contributed by atoms with Crippen LogP contribution in [0.1, 0.15) is 71.3 Å². The molecule has 0 spiro atoms. The summed E-state index contributed by atoms with van der Waals surface area (Å²) in [6, 6.07) is 11.1. The zero-order valence-corrected chi connectivity index (χ0v) is 20.6.